The third-order valence-electron chi connectivity index (χ3n) is 3.57. The number of aliphatic hydroxyl groups excluding tert-OH is 1. The number of aliphatic hydroxyl groups is 1. The van der Waals surface area contributed by atoms with Crippen LogP contribution in [0.4, 0.5) is 4.39 Å². The van der Waals surface area contributed by atoms with E-state index in [9.17, 15) is 9.50 Å². The van der Waals surface area contributed by atoms with Crippen LogP contribution in [0.1, 0.15) is 31.2 Å². The number of nitrogens with one attached hydrogen (secondary N) is 1. The van der Waals surface area contributed by atoms with Crippen molar-refractivity contribution in [2.24, 2.45) is 5.92 Å². The van der Waals surface area contributed by atoms with Crippen LogP contribution in [0.3, 0.4) is 0 Å². The fourth-order valence-corrected chi connectivity index (χ4v) is 2.85. The monoisotopic (exact) mass is 315 g/mol. The highest BCUT2D eigenvalue weighted by molar-refractivity contribution is 9.10. The SMILES string of the molecule is OC1CCC(CNCc2cc(Br)ccc2F)CC1. The normalized spacial score (nSPS) is 24.2. The molecule has 100 valence electrons. The first-order valence-electron chi connectivity index (χ1n) is 6.48. The van der Waals surface area contributed by atoms with Crippen molar-refractivity contribution in [3.63, 3.8) is 0 Å². The highest BCUT2D eigenvalue weighted by Crippen LogP contribution is 2.23. The molecule has 2 rings (SSSR count). The van der Waals surface area contributed by atoms with Crippen molar-refractivity contribution in [1.82, 2.24) is 5.32 Å². The first-order valence-corrected chi connectivity index (χ1v) is 7.27. The van der Waals surface area contributed by atoms with Crippen LogP contribution in [0.5, 0.6) is 0 Å². The van der Waals surface area contributed by atoms with E-state index in [-0.39, 0.29) is 11.9 Å². The summed E-state index contributed by atoms with van der Waals surface area (Å²) in [7, 11) is 0. The Bertz CT molecular complexity index is 391. The average Bonchev–Trinajstić information content (AvgIpc) is 2.36. The molecule has 0 atom stereocenters. The van der Waals surface area contributed by atoms with E-state index in [0.29, 0.717) is 18.0 Å². The van der Waals surface area contributed by atoms with Gasteiger partial charge < -0.3 is 10.4 Å². The van der Waals surface area contributed by atoms with Crippen molar-refractivity contribution in [3.05, 3.63) is 34.1 Å². The molecule has 0 amide bonds. The predicted molar refractivity (Wildman–Crippen MR) is 73.8 cm³/mol. The molecule has 1 aromatic carbocycles. The molecule has 1 saturated carbocycles. The van der Waals surface area contributed by atoms with Crippen LogP contribution < -0.4 is 5.32 Å². The van der Waals surface area contributed by atoms with Gasteiger partial charge in [0.15, 0.2) is 0 Å². The van der Waals surface area contributed by atoms with E-state index in [4.69, 9.17) is 0 Å². The van der Waals surface area contributed by atoms with Gasteiger partial charge in [-0.1, -0.05) is 15.9 Å². The quantitative estimate of drug-likeness (QED) is 0.894. The molecule has 18 heavy (non-hydrogen) atoms. The zero-order chi connectivity index (χ0) is 13.0. The molecule has 0 unspecified atom stereocenters. The minimum atomic E-state index is -0.162. The molecule has 0 bridgehead atoms. The number of hydrogen-bond acceptors (Lipinski definition) is 2. The Morgan fingerprint density at radius 3 is 2.72 bits per heavy atom. The molecule has 4 heteroatoms. The maximum Gasteiger partial charge on any atom is 0.127 e. The molecular weight excluding hydrogens is 297 g/mol. The first-order chi connectivity index (χ1) is 8.65. The van der Waals surface area contributed by atoms with Gasteiger partial charge >= 0.3 is 0 Å². The highest BCUT2D eigenvalue weighted by Gasteiger charge is 2.18. The summed E-state index contributed by atoms with van der Waals surface area (Å²) in [4.78, 5) is 0. The van der Waals surface area contributed by atoms with Crippen LogP contribution in [-0.2, 0) is 6.54 Å². The van der Waals surface area contributed by atoms with Crippen LogP contribution >= 0.6 is 15.9 Å². The van der Waals surface area contributed by atoms with Gasteiger partial charge in [-0.25, -0.2) is 4.39 Å². The molecule has 2 nitrogen and oxygen atoms in total. The van der Waals surface area contributed by atoms with Crippen molar-refractivity contribution < 1.29 is 9.50 Å². The molecule has 2 N–H and O–H groups in total. The fraction of sp³-hybridized carbons (Fsp3) is 0.571. The summed E-state index contributed by atoms with van der Waals surface area (Å²) in [6, 6.07) is 5.01. The largest absolute Gasteiger partial charge is 0.393 e. The van der Waals surface area contributed by atoms with Gasteiger partial charge in [-0.05, 0) is 56.3 Å². The highest BCUT2D eigenvalue weighted by atomic mass is 79.9. The summed E-state index contributed by atoms with van der Waals surface area (Å²) in [6.45, 7) is 1.46. The summed E-state index contributed by atoms with van der Waals surface area (Å²) in [5, 5.41) is 12.7. The van der Waals surface area contributed by atoms with Gasteiger partial charge in [0, 0.05) is 16.6 Å². The van der Waals surface area contributed by atoms with Crippen LogP contribution in [-0.4, -0.2) is 17.8 Å². The Balaban J connectivity index is 1.76. The molecule has 0 aliphatic heterocycles. The molecule has 0 radical (unpaired) electrons. The average molecular weight is 316 g/mol. The lowest BCUT2D eigenvalue weighted by Crippen LogP contribution is -2.27. The molecular formula is C14H19BrFNO. The Kier molecular flexibility index (Phi) is 5.15. The second-order valence-corrected chi connectivity index (χ2v) is 5.96. The minimum absolute atomic E-state index is 0.108. The molecule has 0 aromatic heterocycles. The number of rotatable bonds is 4. The Labute approximate surface area is 116 Å². The Morgan fingerprint density at radius 2 is 2.00 bits per heavy atom. The van der Waals surface area contributed by atoms with Gasteiger partial charge in [-0.2, -0.15) is 0 Å². The lowest BCUT2D eigenvalue weighted by Gasteiger charge is -2.25. The topological polar surface area (TPSA) is 32.3 Å². The van der Waals surface area contributed by atoms with E-state index in [2.05, 4.69) is 21.2 Å². The summed E-state index contributed by atoms with van der Waals surface area (Å²) in [6.07, 6.45) is 3.82. The third-order valence-corrected chi connectivity index (χ3v) is 4.07. The van der Waals surface area contributed by atoms with Crippen LogP contribution in [0.15, 0.2) is 22.7 Å². The third kappa shape index (κ3) is 4.04. The first kappa shape index (κ1) is 14.0. The zero-order valence-corrected chi connectivity index (χ0v) is 11.9. The maximum absolute atomic E-state index is 13.5. The van der Waals surface area contributed by atoms with Crippen molar-refractivity contribution >= 4 is 15.9 Å². The summed E-state index contributed by atoms with van der Waals surface area (Å²) >= 11 is 3.35. The van der Waals surface area contributed by atoms with E-state index >= 15 is 0 Å². The number of halogens is 2. The van der Waals surface area contributed by atoms with Crippen molar-refractivity contribution in [2.75, 3.05) is 6.54 Å². The molecule has 1 aliphatic rings. The Morgan fingerprint density at radius 1 is 1.28 bits per heavy atom. The molecule has 0 spiro atoms. The van der Waals surface area contributed by atoms with E-state index in [0.717, 1.165) is 36.7 Å². The lowest BCUT2D eigenvalue weighted by atomic mass is 9.87. The molecule has 1 aliphatic carbocycles. The van der Waals surface area contributed by atoms with Gasteiger partial charge in [0.25, 0.3) is 0 Å². The zero-order valence-electron chi connectivity index (χ0n) is 10.3. The second-order valence-electron chi connectivity index (χ2n) is 5.04. The van der Waals surface area contributed by atoms with Gasteiger partial charge in [0.2, 0.25) is 0 Å². The van der Waals surface area contributed by atoms with Gasteiger partial charge in [-0.15, -0.1) is 0 Å². The summed E-state index contributed by atoms with van der Waals surface area (Å²) in [5.41, 5.74) is 0.695. The van der Waals surface area contributed by atoms with Gasteiger partial charge in [-0.3, -0.25) is 0 Å². The van der Waals surface area contributed by atoms with Gasteiger partial charge in [0.05, 0.1) is 6.10 Å². The van der Waals surface area contributed by atoms with E-state index in [1.54, 1.807) is 6.07 Å². The molecule has 1 aromatic rings. The van der Waals surface area contributed by atoms with Crippen molar-refractivity contribution in [3.8, 4) is 0 Å². The lowest BCUT2D eigenvalue weighted by molar-refractivity contribution is 0.108. The van der Waals surface area contributed by atoms with Crippen LogP contribution in [0.2, 0.25) is 0 Å². The maximum atomic E-state index is 13.5. The number of hydrogen-bond donors (Lipinski definition) is 2. The van der Waals surface area contributed by atoms with E-state index in [1.165, 1.54) is 6.07 Å². The summed E-state index contributed by atoms with van der Waals surface area (Å²) < 4.78 is 14.4. The van der Waals surface area contributed by atoms with Crippen molar-refractivity contribution in [2.45, 2.75) is 38.3 Å². The van der Waals surface area contributed by atoms with E-state index in [1.807, 2.05) is 6.07 Å². The van der Waals surface area contributed by atoms with Crippen LogP contribution in [0.25, 0.3) is 0 Å². The Hall–Kier alpha value is -0.450. The molecule has 1 fully saturated rings. The second kappa shape index (κ2) is 6.64. The fourth-order valence-electron chi connectivity index (χ4n) is 2.44. The van der Waals surface area contributed by atoms with Crippen molar-refractivity contribution in [1.29, 1.82) is 0 Å². The smallest absolute Gasteiger partial charge is 0.127 e. The predicted octanol–water partition coefficient (Wildman–Crippen LogP) is 3.23. The standard InChI is InChI=1S/C14H19BrFNO/c15-12-3-6-14(16)11(7-12)9-17-8-10-1-4-13(18)5-2-10/h3,6-7,10,13,17-18H,1-2,4-5,8-9H2. The molecule has 0 saturated heterocycles. The van der Waals surface area contributed by atoms with Gasteiger partial charge in [0.1, 0.15) is 5.82 Å². The number of benzene rings is 1. The minimum Gasteiger partial charge on any atom is -0.393 e. The van der Waals surface area contributed by atoms with E-state index < -0.39 is 0 Å². The summed E-state index contributed by atoms with van der Waals surface area (Å²) in [5.74, 6) is 0.452. The van der Waals surface area contributed by atoms with Crippen LogP contribution in [0, 0.1) is 11.7 Å². The molecule has 0 heterocycles.